The van der Waals surface area contributed by atoms with Crippen LogP contribution in [0.3, 0.4) is 0 Å². The first kappa shape index (κ1) is 18.1. The van der Waals surface area contributed by atoms with Gasteiger partial charge < -0.3 is 10.1 Å². The Bertz CT molecular complexity index is 957. The number of hydrogen-bond donors (Lipinski definition) is 1. The third-order valence-corrected chi connectivity index (χ3v) is 4.85. The fourth-order valence-corrected chi connectivity index (χ4v) is 3.56. The quantitative estimate of drug-likeness (QED) is 0.680. The number of thiazole rings is 1. The number of carbonyl (C=O) groups excluding carboxylic acids is 2. The Balaban J connectivity index is 1.73. The van der Waals surface area contributed by atoms with Crippen molar-refractivity contribution < 1.29 is 14.3 Å². The van der Waals surface area contributed by atoms with Crippen LogP contribution in [0.4, 0.5) is 5.13 Å². The summed E-state index contributed by atoms with van der Waals surface area (Å²) >= 11 is 1.13. The molecule has 1 heterocycles. The lowest BCUT2D eigenvalue weighted by Crippen LogP contribution is -2.14. The molecule has 3 rings (SSSR count). The zero-order valence-electron chi connectivity index (χ0n) is 14.9. The minimum Gasteiger partial charge on any atom is -0.459 e. The molecule has 6 heteroatoms. The van der Waals surface area contributed by atoms with Gasteiger partial charge >= 0.3 is 5.97 Å². The van der Waals surface area contributed by atoms with Gasteiger partial charge in [-0.2, -0.15) is 0 Å². The van der Waals surface area contributed by atoms with Crippen LogP contribution in [-0.4, -0.2) is 23.0 Å². The Morgan fingerprint density at radius 1 is 1.15 bits per heavy atom. The molecule has 134 valence electrons. The Morgan fingerprint density at radius 2 is 1.88 bits per heavy atom. The lowest BCUT2D eigenvalue weighted by Gasteiger charge is -2.06. The number of rotatable bonds is 5. The van der Waals surface area contributed by atoms with E-state index in [4.69, 9.17) is 4.74 Å². The Hall–Kier alpha value is -2.73. The van der Waals surface area contributed by atoms with Crippen molar-refractivity contribution in [1.29, 1.82) is 0 Å². The van der Waals surface area contributed by atoms with E-state index < -0.39 is 5.97 Å². The molecule has 0 saturated carbocycles. The van der Waals surface area contributed by atoms with E-state index in [0.717, 1.165) is 27.7 Å². The molecule has 0 unspecified atom stereocenters. The Morgan fingerprint density at radius 3 is 2.65 bits per heavy atom. The number of aryl methyl sites for hydroxylation is 1. The molecule has 1 aromatic heterocycles. The van der Waals surface area contributed by atoms with Crippen molar-refractivity contribution in [2.24, 2.45) is 0 Å². The summed E-state index contributed by atoms with van der Waals surface area (Å²) in [6, 6.07) is 13.9. The second-order valence-corrected chi connectivity index (χ2v) is 7.25. The number of amides is 1. The summed E-state index contributed by atoms with van der Waals surface area (Å²) in [6.45, 7) is 5.32. The van der Waals surface area contributed by atoms with Crippen molar-refractivity contribution in [2.45, 2.75) is 33.3 Å². The van der Waals surface area contributed by atoms with E-state index in [9.17, 15) is 9.59 Å². The Labute approximate surface area is 156 Å². The number of aromatic nitrogens is 1. The number of nitrogens with zero attached hydrogens (tertiary/aromatic N) is 1. The Kier molecular flexibility index (Phi) is 5.32. The lowest BCUT2D eigenvalue weighted by atomic mass is 10.0. The van der Waals surface area contributed by atoms with E-state index >= 15 is 0 Å². The van der Waals surface area contributed by atoms with E-state index in [1.54, 1.807) is 20.8 Å². The summed E-state index contributed by atoms with van der Waals surface area (Å²) in [5.41, 5.74) is 1.51. The highest BCUT2D eigenvalue weighted by atomic mass is 32.1. The van der Waals surface area contributed by atoms with Crippen molar-refractivity contribution in [3.8, 4) is 0 Å². The lowest BCUT2D eigenvalue weighted by molar-refractivity contribution is -0.115. The second kappa shape index (κ2) is 7.66. The number of anilines is 1. The summed E-state index contributed by atoms with van der Waals surface area (Å²) in [5.74, 6) is -0.580. The van der Waals surface area contributed by atoms with Crippen LogP contribution in [0, 0.1) is 6.92 Å². The SMILES string of the molecule is Cc1nc(NC(=O)Cc2cccc3ccccc23)sc1C(=O)OC(C)C. The molecule has 0 spiro atoms. The highest BCUT2D eigenvalue weighted by Gasteiger charge is 2.19. The number of fused-ring (bicyclic) bond motifs is 1. The van der Waals surface area contributed by atoms with Crippen molar-refractivity contribution in [1.82, 2.24) is 4.98 Å². The van der Waals surface area contributed by atoms with Gasteiger partial charge in [-0.3, -0.25) is 4.79 Å². The van der Waals surface area contributed by atoms with Gasteiger partial charge in [0.25, 0.3) is 0 Å². The first-order chi connectivity index (χ1) is 12.4. The minimum atomic E-state index is -0.412. The van der Waals surface area contributed by atoms with Gasteiger partial charge in [-0.05, 0) is 37.1 Å². The van der Waals surface area contributed by atoms with Gasteiger partial charge in [-0.1, -0.05) is 53.8 Å². The van der Waals surface area contributed by atoms with Crippen LogP contribution in [0.2, 0.25) is 0 Å². The van der Waals surface area contributed by atoms with Crippen LogP contribution >= 0.6 is 11.3 Å². The van der Waals surface area contributed by atoms with E-state index in [-0.39, 0.29) is 18.4 Å². The van der Waals surface area contributed by atoms with Crippen molar-refractivity contribution in [2.75, 3.05) is 5.32 Å². The van der Waals surface area contributed by atoms with Crippen LogP contribution < -0.4 is 5.32 Å². The van der Waals surface area contributed by atoms with E-state index in [0.29, 0.717) is 15.7 Å². The maximum Gasteiger partial charge on any atom is 0.350 e. The van der Waals surface area contributed by atoms with Gasteiger partial charge in [0.15, 0.2) is 5.13 Å². The maximum absolute atomic E-state index is 12.4. The van der Waals surface area contributed by atoms with Crippen LogP contribution in [0.25, 0.3) is 10.8 Å². The molecule has 0 bridgehead atoms. The number of benzene rings is 2. The fraction of sp³-hybridized carbons (Fsp3) is 0.250. The number of ether oxygens (including phenoxy) is 1. The number of nitrogens with one attached hydrogen (secondary N) is 1. The zero-order valence-corrected chi connectivity index (χ0v) is 15.7. The molecule has 1 N–H and O–H groups in total. The van der Waals surface area contributed by atoms with Crippen LogP contribution in [0.1, 0.15) is 34.8 Å². The van der Waals surface area contributed by atoms with E-state index in [1.165, 1.54) is 0 Å². The summed E-state index contributed by atoms with van der Waals surface area (Å²) in [6.07, 6.45) is 0.0413. The molecule has 0 atom stereocenters. The van der Waals surface area contributed by atoms with E-state index in [1.807, 2.05) is 42.5 Å². The van der Waals surface area contributed by atoms with Crippen LogP contribution in [0.5, 0.6) is 0 Å². The smallest absolute Gasteiger partial charge is 0.350 e. The molecule has 0 aliphatic rings. The van der Waals surface area contributed by atoms with Gasteiger partial charge in [-0.15, -0.1) is 0 Å². The first-order valence-electron chi connectivity index (χ1n) is 8.39. The second-order valence-electron chi connectivity index (χ2n) is 6.25. The van der Waals surface area contributed by atoms with Crippen molar-refractivity contribution >= 4 is 39.1 Å². The van der Waals surface area contributed by atoms with Gasteiger partial charge in [0.1, 0.15) is 4.88 Å². The fourth-order valence-electron chi connectivity index (χ4n) is 2.69. The third-order valence-electron chi connectivity index (χ3n) is 3.80. The molecule has 2 aromatic carbocycles. The predicted molar refractivity (Wildman–Crippen MR) is 104 cm³/mol. The number of carbonyl (C=O) groups is 2. The summed E-state index contributed by atoms with van der Waals surface area (Å²) in [7, 11) is 0. The summed E-state index contributed by atoms with van der Waals surface area (Å²) in [4.78, 5) is 29.2. The first-order valence-corrected chi connectivity index (χ1v) is 9.20. The van der Waals surface area contributed by atoms with Crippen molar-refractivity contribution in [3.05, 3.63) is 58.6 Å². The molecule has 26 heavy (non-hydrogen) atoms. The number of hydrogen-bond acceptors (Lipinski definition) is 5. The maximum atomic E-state index is 12.4. The summed E-state index contributed by atoms with van der Waals surface area (Å²) < 4.78 is 5.20. The average molecular weight is 368 g/mol. The molecule has 1 amide bonds. The van der Waals surface area contributed by atoms with Gasteiger partial charge in [-0.25, -0.2) is 9.78 Å². The molecule has 0 aliphatic heterocycles. The van der Waals surface area contributed by atoms with E-state index in [2.05, 4.69) is 10.3 Å². The average Bonchev–Trinajstić information content (AvgIpc) is 2.95. The topological polar surface area (TPSA) is 68.3 Å². The standard InChI is InChI=1S/C20H20N2O3S/c1-12(2)25-19(24)18-13(3)21-20(26-18)22-17(23)11-15-9-6-8-14-7-4-5-10-16(14)15/h4-10,12H,11H2,1-3H3,(H,21,22,23). The number of esters is 1. The zero-order chi connectivity index (χ0) is 18.7. The molecular formula is C20H20N2O3S. The summed E-state index contributed by atoms with van der Waals surface area (Å²) in [5, 5.41) is 5.35. The molecule has 0 radical (unpaired) electrons. The highest BCUT2D eigenvalue weighted by Crippen LogP contribution is 2.25. The van der Waals surface area contributed by atoms with Crippen LogP contribution in [-0.2, 0) is 16.0 Å². The molecule has 0 fully saturated rings. The molecule has 0 aliphatic carbocycles. The normalized spacial score (nSPS) is 10.9. The van der Waals surface area contributed by atoms with Gasteiger partial charge in [0, 0.05) is 0 Å². The predicted octanol–water partition coefficient (Wildman–Crippen LogP) is 4.35. The minimum absolute atomic E-state index is 0.168. The molecular weight excluding hydrogens is 348 g/mol. The molecule has 5 nitrogen and oxygen atoms in total. The van der Waals surface area contributed by atoms with Crippen molar-refractivity contribution in [3.63, 3.8) is 0 Å². The third kappa shape index (κ3) is 4.08. The van der Waals surface area contributed by atoms with Crippen LogP contribution in [0.15, 0.2) is 42.5 Å². The molecule has 3 aromatic rings. The van der Waals surface area contributed by atoms with Gasteiger partial charge in [0.05, 0.1) is 18.2 Å². The van der Waals surface area contributed by atoms with Gasteiger partial charge in [0.2, 0.25) is 5.91 Å². The monoisotopic (exact) mass is 368 g/mol. The highest BCUT2D eigenvalue weighted by molar-refractivity contribution is 7.17. The molecule has 0 saturated heterocycles. The largest absolute Gasteiger partial charge is 0.459 e.